The molecule has 5 rings (SSSR count). The monoisotopic (exact) mass is 593 g/mol. The molecule has 2 aliphatic rings. The molecule has 2 aliphatic heterocycles. The van der Waals surface area contributed by atoms with E-state index < -0.39 is 23.5 Å². The van der Waals surface area contributed by atoms with Crippen LogP contribution in [0.25, 0.3) is 11.1 Å². The van der Waals surface area contributed by atoms with Gasteiger partial charge in [0.25, 0.3) is 5.91 Å². The predicted octanol–water partition coefficient (Wildman–Crippen LogP) is 7.80. The van der Waals surface area contributed by atoms with Crippen molar-refractivity contribution >= 4 is 23.5 Å². The van der Waals surface area contributed by atoms with Crippen LogP contribution in [0.1, 0.15) is 88.2 Å². The Morgan fingerprint density at radius 3 is 2.33 bits per heavy atom. The number of carboxylic acid groups (broad SMARTS) is 1. The number of carboxylic acids is 1. The Labute approximate surface area is 251 Å². The minimum absolute atomic E-state index is 0.151. The molecule has 6 nitrogen and oxygen atoms in total. The van der Waals surface area contributed by atoms with E-state index >= 15 is 4.39 Å². The fourth-order valence-corrected chi connectivity index (χ4v) is 6.51. The molecule has 0 spiro atoms. The number of benzene rings is 3. The second-order valence-electron chi connectivity index (χ2n) is 12.4. The predicted molar refractivity (Wildman–Crippen MR) is 161 cm³/mol. The van der Waals surface area contributed by atoms with E-state index in [1.165, 1.54) is 6.07 Å². The van der Waals surface area contributed by atoms with Gasteiger partial charge in [0, 0.05) is 34.8 Å². The maximum atomic E-state index is 15.6. The van der Waals surface area contributed by atoms with Crippen LogP contribution in [0.3, 0.4) is 0 Å². The van der Waals surface area contributed by atoms with E-state index in [1.807, 2.05) is 54.5 Å². The highest BCUT2D eigenvalue weighted by molar-refractivity contribution is 6.31. The van der Waals surface area contributed by atoms with Crippen LogP contribution in [-0.2, 0) is 29.0 Å². The topological polar surface area (TPSA) is 76.1 Å². The number of hydrogen-bond acceptors (Lipinski definition) is 4. The molecule has 8 heteroatoms. The van der Waals surface area contributed by atoms with Gasteiger partial charge in [-0.15, -0.1) is 0 Å². The summed E-state index contributed by atoms with van der Waals surface area (Å²) in [6.45, 7) is 14.2. The molecule has 0 saturated heterocycles. The summed E-state index contributed by atoms with van der Waals surface area (Å²) in [5.41, 5.74) is 7.36. The summed E-state index contributed by atoms with van der Waals surface area (Å²) in [5.74, 6) is -1.48. The highest BCUT2D eigenvalue weighted by Gasteiger charge is 2.37. The number of carbonyl (C=O) groups excluding carboxylic acids is 1. The van der Waals surface area contributed by atoms with Crippen molar-refractivity contribution in [2.45, 2.75) is 86.1 Å². The van der Waals surface area contributed by atoms with Gasteiger partial charge in [-0.05, 0) is 124 Å². The number of amides is 1. The minimum Gasteiger partial charge on any atom is -0.490 e. The van der Waals surface area contributed by atoms with E-state index in [9.17, 15) is 14.7 Å². The number of hydrogen-bond donors (Lipinski definition) is 1. The van der Waals surface area contributed by atoms with Crippen molar-refractivity contribution in [3.8, 4) is 16.9 Å². The van der Waals surface area contributed by atoms with Crippen LogP contribution in [0.4, 0.5) is 4.39 Å². The third-order valence-corrected chi connectivity index (χ3v) is 8.63. The first-order valence-electron chi connectivity index (χ1n) is 14.3. The molecule has 0 radical (unpaired) electrons. The van der Waals surface area contributed by atoms with Gasteiger partial charge in [-0.3, -0.25) is 4.79 Å². The smallest absolute Gasteiger partial charge is 0.337 e. The second-order valence-corrected chi connectivity index (χ2v) is 12.8. The lowest BCUT2D eigenvalue weighted by molar-refractivity contribution is -0.160. The Morgan fingerprint density at radius 1 is 1.02 bits per heavy atom. The van der Waals surface area contributed by atoms with E-state index in [1.54, 1.807) is 17.0 Å². The maximum Gasteiger partial charge on any atom is 0.337 e. The van der Waals surface area contributed by atoms with Crippen molar-refractivity contribution < 1.29 is 28.6 Å². The Hall–Kier alpha value is -3.42. The number of aryl methyl sites for hydroxylation is 1. The SMILES string of the molecule is Cc1ccc(Cl)cc1C(=O)N1Cc2c(C)c(-c3cc(F)c4c(c3C)CCCO4)c([C@H](OC(C)(C)C)C(=O)O)c(C)c2C1. The third kappa shape index (κ3) is 5.29. The molecule has 3 aromatic carbocycles. The highest BCUT2D eigenvalue weighted by Crippen LogP contribution is 2.47. The van der Waals surface area contributed by atoms with Crippen molar-refractivity contribution in [3.63, 3.8) is 0 Å². The van der Waals surface area contributed by atoms with Crippen LogP contribution in [0.15, 0.2) is 24.3 Å². The zero-order chi connectivity index (χ0) is 30.7. The fourth-order valence-electron chi connectivity index (χ4n) is 6.34. The number of rotatable bonds is 5. The van der Waals surface area contributed by atoms with Crippen molar-refractivity contribution in [1.29, 1.82) is 0 Å². The van der Waals surface area contributed by atoms with Gasteiger partial charge < -0.3 is 19.5 Å². The molecule has 0 aliphatic carbocycles. The average molecular weight is 594 g/mol. The second kappa shape index (κ2) is 11.0. The van der Waals surface area contributed by atoms with Crippen molar-refractivity contribution in [1.82, 2.24) is 4.90 Å². The summed E-state index contributed by atoms with van der Waals surface area (Å²) in [6.07, 6.45) is 0.141. The van der Waals surface area contributed by atoms with E-state index in [0.717, 1.165) is 45.4 Å². The lowest BCUT2D eigenvalue weighted by atomic mass is 9.81. The zero-order valence-corrected chi connectivity index (χ0v) is 26.0. The Kier molecular flexibility index (Phi) is 7.88. The van der Waals surface area contributed by atoms with Gasteiger partial charge in [-0.1, -0.05) is 17.7 Å². The summed E-state index contributed by atoms with van der Waals surface area (Å²) < 4.78 is 27.4. The number of halogens is 2. The zero-order valence-electron chi connectivity index (χ0n) is 25.2. The van der Waals surface area contributed by atoms with Gasteiger partial charge in [-0.2, -0.15) is 0 Å². The van der Waals surface area contributed by atoms with Crippen molar-refractivity contribution in [2.24, 2.45) is 0 Å². The molecule has 222 valence electrons. The molecule has 0 saturated carbocycles. The first-order valence-corrected chi connectivity index (χ1v) is 14.6. The highest BCUT2D eigenvalue weighted by atomic mass is 35.5. The van der Waals surface area contributed by atoms with Gasteiger partial charge in [0.05, 0.1) is 12.2 Å². The van der Waals surface area contributed by atoms with Gasteiger partial charge in [0.2, 0.25) is 0 Å². The number of ether oxygens (including phenoxy) is 2. The number of carbonyl (C=O) groups is 2. The molecule has 42 heavy (non-hydrogen) atoms. The Bertz CT molecular complexity index is 1620. The molecule has 0 unspecified atom stereocenters. The molecule has 0 fully saturated rings. The number of nitrogens with zero attached hydrogens (tertiary/aromatic N) is 1. The molecule has 3 aromatic rings. The van der Waals surface area contributed by atoms with Gasteiger partial charge >= 0.3 is 5.97 Å². The van der Waals surface area contributed by atoms with Crippen molar-refractivity contribution in [2.75, 3.05) is 6.61 Å². The molecule has 1 atom stereocenters. The normalized spacial score (nSPS) is 15.2. The number of aliphatic carboxylic acids is 1. The largest absolute Gasteiger partial charge is 0.490 e. The van der Waals surface area contributed by atoms with E-state index in [4.69, 9.17) is 21.1 Å². The quantitative estimate of drug-likeness (QED) is 0.327. The summed E-state index contributed by atoms with van der Waals surface area (Å²) in [6, 6.07) is 6.72. The van der Waals surface area contributed by atoms with E-state index in [0.29, 0.717) is 53.4 Å². The van der Waals surface area contributed by atoms with Gasteiger partial charge in [0.1, 0.15) is 0 Å². The van der Waals surface area contributed by atoms with Crippen LogP contribution >= 0.6 is 11.6 Å². The molecule has 1 N–H and O–H groups in total. The number of fused-ring (bicyclic) bond motifs is 2. The Morgan fingerprint density at radius 2 is 1.69 bits per heavy atom. The van der Waals surface area contributed by atoms with Gasteiger partial charge in [-0.25, -0.2) is 9.18 Å². The lowest BCUT2D eigenvalue weighted by Crippen LogP contribution is -2.29. The third-order valence-electron chi connectivity index (χ3n) is 8.40. The molecule has 1 amide bonds. The molecule has 0 aromatic heterocycles. The Balaban J connectivity index is 1.74. The molecular formula is C34H37ClFNO5. The molecule has 0 bridgehead atoms. The summed E-state index contributed by atoms with van der Waals surface area (Å²) in [4.78, 5) is 28.3. The van der Waals surface area contributed by atoms with Crippen molar-refractivity contribution in [3.05, 3.63) is 85.2 Å². The first kappa shape index (κ1) is 30.1. The standard InChI is InChI=1S/C34H37ClFNO5/c1-17-10-11-21(35)13-23(17)32(38)37-15-25-19(3)28(24-14-27(36)30-22(18(24)2)9-8-12-41-30)29(20(4)26(25)16-37)31(33(39)40)42-34(5,6)7/h10-11,13-14,31H,8-9,12,15-16H2,1-7H3,(H,39,40)/t31-/m0/s1. The van der Waals surface area contributed by atoms with Crippen LogP contribution in [0.5, 0.6) is 5.75 Å². The van der Waals surface area contributed by atoms with E-state index in [2.05, 4.69) is 0 Å². The first-order chi connectivity index (χ1) is 19.7. The summed E-state index contributed by atoms with van der Waals surface area (Å²) in [7, 11) is 0. The lowest BCUT2D eigenvalue weighted by Gasteiger charge is -2.31. The average Bonchev–Trinajstić information content (AvgIpc) is 3.38. The summed E-state index contributed by atoms with van der Waals surface area (Å²) in [5, 5.41) is 11.0. The van der Waals surface area contributed by atoms with E-state index in [-0.39, 0.29) is 11.7 Å². The van der Waals surface area contributed by atoms with Crippen LogP contribution < -0.4 is 4.74 Å². The van der Waals surface area contributed by atoms with Gasteiger partial charge in [0.15, 0.2) is 17.7 Å². The minimum atomic E-state index is -1.31. The molecule has 2 heterocycles. The van der Waals surface area contributed by atoms with Crippen LogP contribution in [0.2, 0.25) is 5.02 Å². The molecular weight excluding hydrogens is 557 g/mol. The van der Waals surface area contributed by atoms with Crippen LogP contribution in [-0.4, -0.2) is 34.1 Å². The van der Waals surface area contributed by atoms with Crippen LogP contribution in [0, 0.1) is 33.5 Å². The summed E-state index contributed by atoms with van der Waals surface area (Å²) >= 11 is 6.23. The maximum absolute atomic E-state index is 15.6. The fraction of sp³-hybridized carbons (Fsp3) is 0.412.